The molecule has 1 aliphatic rings. The van der Waals surface area contributed by atoms with Crippen LogP contribution in [0.25, 0.3) is 0 Å². The van der Waals surface area contributed by atoms with Crippen LogP contribution in [0.15, 0.2) is 41.5 Å². The maximum Gasteiger partial charge on any atom is 0.464 e. The van der Waals surface area contributed by atoms with Crippen LogP contribution in [-0.4, -0.2) is 41.2 Å². The number of hydrogen-bond acceptors (Lipinski definition) is 5. The van der Waals surface area contributed by atoms with Crippen molar-refractivity contribution in [1.29, 1.82) is 0 Å². The zero-order chi connectivity index (χ0) is 23.6. The van der Waals surface area contributed by atoms with Gasteiger partial charge in [-0.1, -0.05) is 51.0 Å². The smallest absolute Gasteiger partial charge is 0.428 e. The van der Waals surface area contributed by atoms with Gasteiger partial charge in [0.1, 0.15) is 0 Å². The van der Waals surface area contributed by atoms with Crippen LogP contribution >= 0.6 is 0 Å². The minimum absolute atomic E-state index is 0.218. The molecule has 32 heavy (non-hydrogen) atoms. The Morgan fingerprint density at radius 1 is 1.12 bits per heavy atom. The van der Waals surface area contributed by atoms with Gasteiger partial charge in [0.25, 0.3) is 11.8 Å². The lowest BCUT2D eigenvalue weighted by Gasteiger charge is -2.39. The van der Waals surface area contributed by atoms with Crippen LogP contribution in [0.5, 0.6) is 0 Å². The number of hydrazine groups is 1. The van der Waals surface area contributed by atoms with E-state index in [4.69, 9.17) is 0 Å². The van der Waals surface area contributed by atoms with Crippen LogP contribution in [0, 0.1) is 19.3 Å². The Hall–Kier alpha value is -3.13. The Morgan fingerprint density at radius 3 is 2.38 bits per heavy atom. The highest BCUT2D eigenvalue weighted by Gasteiger charge is 2.34. The number of fused-ring (bicyclic) bond motifs is 1. The fraction of sp³-hybridized carbons (Fsp3) is 0.375. The summed E-state index contributed by atoms with van der Waals surface area (Å²) in [6, 6.07) is 10.5. The molecule has 0 fully saturated rings. The van der Waals surface area contributed by atoms with Crippen LogP contribution in [0.3, 0.4) is 0 Å². The van der Waals surface area contributed by atoms with Gasteiger partial charge in [-0.25, -0.2) is 5.01 Å². The number of nitrogens with zero attached hydrogens (tertiary/aromatic N) is 2. The van der Waals surface area contributed by atoms with Crippen LogP contribution in [-0.2, 0) is 0 Å². The van der Waals surface area contributed by atoms with E-state index in [1.165, 1.54) is 5.01 Å². The molecular weight excluding hydrogens is 403 g/mol. The summed E-state index contributed by atoms with van der Waals surface area (Å²) in [5.41, 5.74) is 6.81. The van der Waals surface area contributed by atoms with E-state index in [1.807, 2.05) is 39.0 Å². The highest BCUT2D eigenvalue weighted by molar-refractivity contribution is 6.65. The SMILES string of the molecule is CCC(N(NC(=O)c1ccc2c(c1)C=NNB2O)C(=O)c1cc(C)cc(C)c1)C(C)(C)C. The molecular formula is C24H31BN4O3. The van der Waals surface area contributed by atoms with E-state index in [-0.39, 0.29) is 17.4 Å². The average molecular weight is 434 g/mol. The number of rotatable bonds is 4. The Balaban J connectivity index is 1.96. The second kappa shape index (κ2) is 9.16. The van der Waals surface area contributed by atoms with E-state index in [1.54, 1.807) is 24.4 Å². The normalized spacial score (nSPS) is 13.8. The molecule has 168 valence electrons. The molecule has 1 unspecified atom stereocenters. The standard InChI is InChI=1S/C24H31BN4O3/c1-7-21(24(4,5)6)29(23(31)18-11-15(2)10-16(3)12-18)27-22(30)17-8-9-20-19(13-17)14-26-28-25(20)32/h8-14,21,28,32H,7H2,1-6H3,(H,27,30). The van der Waals surface area contributed by atoms with E-state index in [9.17, 15) is 14.6 Å². The number of amides is 2. The summed E-state index contributed by atoms with van der Waals surface area (Å²) < 4.78 is 0. The third kappa shape index (κ3) is 5.02. The Kier molecular flexibility index (Phi) is 6.74. The summed E-state index contributed by atoms with van der Waals surface area (Å²) in [4.78, 5) is 26.8. The third-order valence-corrected chi connectivity index (χ3v) is 5.65. The molecule has 3 rings (SSSR count). The minimum Gasteiger partial charge on any atom is -0.428 e. The average Bonchev–Trinajstić information content (AvgIpc) is 2.71. The second-order valence-electron chi connectivity index (χ2n) is 9.42. The molecule has 2 amide bonds. The summed E-state index contributed by atoms with van der Waals surface area (Å²) >= 11 is 0. The molecule has 0 spiro atoms. The maximum atomic E-state index is 13.6. The van der Waals surface area contributed by atoms with Gasteiger partial charge in [-0.05, 0) is 61.0 Å². The number of carbonyl (C=O) groups excluding carboxylic acids is 2. The van der Waals surface area contributed by atoms with Crippen molar-refractivity contribution in [3.63, 3.8) is 0 Å². The molecule has 0 aliphatic carbocycles. The first-order valence-corrected chi connectivity index (χ1v) is 10.8. The van der Waals surface area contributed by atoms with Crippen LogP contribution < -0.4 is 16.2 Å². The number of carbonyl (C=O) groups is 2. The van der Waals surface area contributed by atoms with Gasteiger partial charge in [0.05, 0.1) is 12.3 Å². The molecule has 0 radical (unpaired) electrons. The van der Waals surface area contributed by atoms with Gasteiger partial charge >= 0.3 is 7.05 Å². The fourth-order valence-corrected chi connectivity index (χ4v) is 4.19. The van der Waals surface area contributed by atoms with Crippen LogP contribution in [0.2, 0.25) is 0 Å². The second-order valence-corrected chi connectivity index (χ2v) is 9.42. The molecule has 0 bridgehead atoms. The van der Waals surface area contributed by atoms with Crippen LogP contribution in [0.4, 0.5) is 0 Å². The fourth-order valence-electron chi connectivity index (χ4n) is 4.19. The zero-order valence-electron chi connectivity index (χ0n) is 19.6. The molecule has 1 atom stereocenters. The summed E-state index contributed by atoms with van der Waals surface area (Å²) in [6.45, 7) is 12.1. The van der Waals surface area contributed by atoms with Crippen LogP contribution in [0.1, 0.15) is 71.5 Å². The first-order chi connectivity index (χ1) is 15.0. The largest absolute Gasteiger partial charge is 0.464 e. The molecule has 0 saturated heterocycles. The van der Waals surface area contributed by atoms with Crippen molar-refractivity contribution < 1.29 is 14.6 Å². The van der Waals surface area contributed by atoms with Crippen molar-refractivity contribution in [3.8, 4) is 0 Å². The van der Waals surface area contributed by atoms with Gasteiger partial charge in [-0.15, -0.1) is 0 Å². The highest BCUT2D eigenvalue weighted by atomic mass is 16.2. The molecule has 1 heterocycles. The number of hydrazone groups is 1. The number of hydrogen-bond donors (Lipinski definition) is 3. The van der Waals surface area contributed by atoms with Crippen molar-refractivity contribution in [2.75, 3.05) is 0 Å². The van der Waals surface area contributed by atoms with Crippen molar-refractivity contribution in [2.45, 2.75) is 54.0 Å². The minimum atomic E-state index is -0.917. The first kappa shape index (κ1) is 23.5. The molecule has 2 aromatic carbocycles. The lowest BCUT2D eigenvalue weighted by molar-refractivity contribution is 0.0285. The predicted molar refractivity (Wildman–Crippen MR) is 128 cm³/mol. The van der Waals surface area contributed by atoms with Gasteiger partial charge in [-0.3, -0.25) is 15.0 Å². The third-order valence-electron chi connectivity index (χ3n) is 5.65. The van der Waals surface area contributed by atoms with Gasteiger partial charge in [0, 0.05) is 11.1 Å². The van der Waals surface area contributed by atoms with E-state index in [0.717, 1.165) is 11.1 Å². The zero-order valence-corrected chi connectivity index (χ0v) is 19.6. The van der Waals surface area contributed by atoms with Crippen molar-refractivity contribution in [3.05, 3.63) is 64.2 Å². The van der Waals surface area contributed by atoms with Crippen molar-refractivity contribution >= 4 is 30.5 Å². The van der Waals surface area contributed by atoms with Gasteiger partial charge in [0.15, 0.2) is 0 Å². The topological polar surface area (TPSA) is 94.0 Å². The molecule has 7 nitrogen and oxygen atoms in total. The summed E-state index contributed by atoms with van der Waals surface area (Å²) in [5, 5.41) is 17.9. The molecule has 0 aromatic heterocycles. The maximum absolute atomic E-state index is 13.6. The van der Waals surface area contributed by atoms with E-state index < -0.39 is 13.0 Å². The summed E-state index contributed by atoms with van der Waals surface area (Å²) in [7, 11) is -0.917. The Labute approximate surface area is 190 Å². The predicted octanol–water partition coefficient (Wildman–Crippen LogP) is 2.54. The Morgan fingerprint density at radius 2 is 1.78 bits per heavy atom. The van der Waals surface area contributed by atoms with E-state index in [2.05, 4.69) is 36.6 Å². The van der Waals surface area contributed by atoms with Gasteiger partial charge < -0.3 is 10.4 Å². The van der Waals surface area contributed by atoms with Crippen molar-refractivity contribution in [1.82, 2.24) is 15.8 Å². The molecule has 0 saturated carbocycles. The molecule has 3 N–H and O–H groups in total. The number of benzene rings is 2. The Bertz CT molecular complexity index is 1040. The van der Waals surface area contributed by atoms with E-state index in [0.29, 0.717) is 28.6 Å². The monoisotopic (exact) mass is 434 g/mol. The first-order valence-electron chi connectivity index (χ1n) is 10.8. The number of aryl methyl sites for hydroxylation is 2. The summed E-state index contributed by atoms with van der Waals surface area (Å²) in [5.74, 6) is -0.638. The van der Waals surface area contributed by atoms with Gasteiger partial charge in [-0.2, -0.15) is 5.10 Å². The lowest BCUT2D eigenvalue weighted by Crippen LogP contribution is -2.56. The molecule has 8 heteroatoms. The van der Waals surface area contributed by atoms with E-state index >= 15 is 0 Å². The molecule has 2 aromatic rings. The van der Waals surface area contributed by atoms with Crippen molar-refractivity contribution in [2.24, 2.45) is 10.5 Å². The molecule has 1 aliphatic heterocycles. The highest BCUT2D eigenvalue weighted by Crippen LogP contribution is 2.27. The quantitative estimate of drug-likeness (QED) is 0.509. The number of nitrogens with one attached hydrogen (secondary N) is 2. The summed E-state index contributed by atoms with van der Waals surface area (Å²) in [6.07, 6.45) is 2.23. The lowest BCUT2D eigenvalue weighted by atomic mass is 9.71. The van der Waals surface area contributed by atoms with Gasteiger partial charge in [0.2, 0.25) is 0 Å².